The lowest BCUT2D eigenvalue weighted by atomic mass is 9.98. The number of hydrogen-bond acceptors (Lipinski definition) is 6. The van der Waals surface area contributed by atoms with E-state index in [0.29, 0.717) is 23.3 Å². The number of carbonyl (C=O) groups excluding carboxylic acids is 1. The molecule has 3 N–H and O–H groups in total. The fourth-order valence-electron chi connectivity index (χ4n) is 3.08. The second-order valence-corrected chi connectivity index (χ2v) is 6.47. The molecule has 3 aromatic heterocycles. The lowest BCUT2D eigenvalue weighted by Gasteiger charge is -2.19. The standard InChI is InChI=1S/C17H21N7O2.ClH/c1-10-3-4-14(26-10)12-9-13(22-21-12)16(25)20-17-19-15(23-24(17)2)11-5-7-18-8-6-11;/h3-4,9,11,18H,5-8H2,1-2H3,(H,21,22)(H,19,20,23,25);1H. The van der Waals surface area contributed by atoms with E-state index in [2.05, 4.69) is 30.9 Å². The molecule has 0 unspecified atom stereocenters. The Morgan fingerprint density at radius 2 is 2.11 bits per heavy atom. The minimum atomic E-state index is -0.344. The van der Waals surface area contributed by atoms with Gasteiger partial charge in [0.15, 0.2) is 17.3 Å². The molecule has 1 saturated heterocycles. The Bertz CT molecular complexity index is 924. The molecule has 1 aliphatic heterocycles. The third-order valence-electron chi connectivity index (χ3n) is 4.53. The number of furan rings is 1. The van der Waals surface area contributed by atoms with Gasteiger partial charge in [-0.3, -0.25) is 15.2 Å². The summed E-state index contributed by atoms with van der Waals surface area (Å²) in [6.07, 6.45) is 2.01. The maximum absolute atomic E-state index is 12.5. The summed E-state index contributed by atoms with van der Waals surface area (Å²) in [4.78, 5) is 17.0. The van der Waals surface area contributed by atoms with Gasteiger partial charge in [0.25, 0.3) is 5.91 Å². The van der Waals surface area contributed by atoms with Crippen molar-refractivity contribution in [3.05, 3.63) is 35.5 Å². The molecule has 27 heavy (non-hydrogen) atoms. The molecule has 0 radical (unpaired) electrons. The van der Waals surface area contributed by atoms with Gasteiger partial charge in [-0.25, -0.2) is 4.68 Å². The van der Waals surface area contributed by atoms with Crippen LogP contribution < -0.4 is 10.6 Å². The number of aromatic amines is 1. The highest BCUT2D eigenvalue weighted by Crippen LogP contribution is 2.24. The third kappa shape index (κ3) is 4.04. The zero-order chi connectivity index (χ0) is 18.1. The first-order chi connectivity index (χ1) is 12.6. The summed E-state index contributed by atoms with van der Waals surface area (Å²) < 4.78 is 7.13. The molecule has 1 aliphatic rings. The number of hydrogen-bond donors (Lipinski definition) is 3. The number of rotatable bonds is 4. The van der Waals surface area contributed by atoms with Gasteiger partial charge in [-0.1, -0.05) is 0 Å². The molecule has 3 aromatic rings. The van der Waals surface area contributed by atoms with Gasteiger partial charge in [-0.05, 0) is 45.0 Å². The molecule has 4 heterocycles. The van der Waals surface area contributed by atoms with Crippen molar-refractivity contribution < 1.29 is 9.21 Å². The van der Waals surface area contributed by atoms with E-state index in [-0.39, 0.29) is 24.0 Å². The second kappa shape index (κ2) is 7.93. The molecule has 0 aliphatic carbocycles. The lowest BCUT2D eigenvalue weighted by molar-refractivity contribution is 0.102. The molecule has 10 heteroatoms. The van der Waals surface area contributed by atoms with Gasteiger partial charge in [0.05, 0.1) is 0 Å². The number of nitrogens with one attached hydrogen (secondary N) is 3. The minimum absolute atomic E-state index is 0. The van der Waals surface area contributed by atoms with Crippen LogP contribution in [0.3, 0.4) is 0 Å². The van der Waals surface area contributed by atoms with E-state index in [4.69, 9.17) is 4.42 Å². The second-order valence-electron chi connectivity index (χ2n) is 6.47. The molecule has 1 amide bonds. The molecule has 0 spiro atoms. The van der Waals surface area contributed by atoms with Gasteiger partial charge >= 0.3 is 0 Å². The van der Waals surface area contributed by atoms with Crippen molar-refractivity contribution in [2.75, 3.05) is 18.4 Å². The maximum Gasteiger partial charge on any atom is 0.278 e. The number of H-pyrrole nitrogens is 1. The van der Waals surface area contributed by atoms with E-state index in [1.54, 1.807) is 17.8 Å². The highest BCUT2D eigenvalue weighted by atomic mass is 35.5. The number of piperidine rings is 1. The molecule has 1 fully saturated rings. The number of nitrogens with zero attached hydrogens (tertiary/aromatic N) is 4. The van der Waals surface area contributed by atoms with Gasteiger partial charge in [0.1, 0.15) is 11.5 Å². The SMILES string of the molecule is Cc1ccc(-c2cc(C(=O)Nc3nc(C4CCNCC4)nn3C)n[nH]2)o1.Cl. The van der Waals surface area contributed by atoms with Gasteiger partial charge in [0.2, 0.25) is 5.95 Å². The first kappa shape index (κ1) is 19.1. The molecule has 0 aromatic carbocycles. The van der Waals surface area contributed by atoms with Crippen LogP contribution in [0.1, 0.15) is 40.8 Å². The summed E-state index contributed by atoms with van der Waals surface area (Å²) in [5, 5.41) is 17.4. The molecule has 0 atom stereocenters. The molecule has 0 saturated carbocycles. The molecular formula is C17H22ClN7O2. The van der Waals surface area contributed by atoms with Crippen molar-refractivity contribution in [1.82, 2.24) is 30.3 Å². The smallest absolute Gasteiger partial charge is 0.278 e. The lowest BCUT2D eigenvalue weighted by Crippen LogP contribution is -2.27. The first-order valence-corrected chi connectivity index (χ1v) is 8.65. The number of aromatic nitrogens is 5. The van der Waals surface area contributed by atoms with E-state index in [1.807, 2.05) is 19.1 Å². The average molecular weight is 392 g/mol. The predicted molar refractivity (Wildman–Crippen MR) is 102 cm³/mol. The topological polar surface area (TPSA) is 114 Å². The van der Waals surface area contributed by atoms with Crippen LogP contribution >= 0.6 is 12.4 Å². The van der Waals surface area contributed by atoms with Crippen LogP contribution in [0.4, 0.5) is 5.95 Å². The van der Waals surface area contributed by atoms with Crippen LogP contribution in [0.5, 0.6) is 0 Å². The summed E-state index contributed by atoms with van der Waals surface area (Å²) in [6.45, 7) is 3.79. The van der Waals surface area contributed by atoms with E-state index < -0.39 is 0 Å². The Morgan fingerprint density at radius 3 is 2.81 bits per heavy atom. The van der Waals surface area contributed by atoms with Crippen LogP contribution in [0.2, 0.25) is 0 Å². The fourth-order valence-corrected chi connectivity index (χ4v) is 3.08. The van der Waals surface area contributed by atoms with Crippen molar-refractivity contribution in [3.8, 4) is 11.5 Å². The number of amides is 1. The summed E-state index contributed by atoms with van der Waals surface area (Å²) >= 11 is 0. The zero-order valence-corrected chi connectivity index (χ0v) is 16.0. The molecule has 0 bridgehead atoms. The van der Waals surface area contributed by atoms with Crippen LogP contribution in [0, 0.1) is 6.92 Å². The maximum atomic E-state index is 12.5. The summed E-state index contributed by atoms with van der Waals surface area (Å²) in [6, 6.07) is 5.34. The van der Waals surface area contributed by atoms with Crippen molar-refractivity contribution >= 4 is 24.3 Å². The highest BCUT2D eigenvalue weighted by Gasteiger charge is 2.22. The van der Waals surface area contributed by atoms with E-state index >= 15 is 0 Å². The van der Waals surface area contributed by atoms with Crippen molar-refractivity contribution in [3.63, 3.8) is 0 Å². The van der Waals surface area contributed by atoms with Crippen molar-refractivity contribution in [1.29, 1.82) is 0 Å². The van der Waals surface area contributed by atoms with Gasteiger partial charge in [-0.2, -0.15) is 15.2 Å². The molecule has 4 rings (SSSR count). The Labute approximate surface area is 162 Å². The van der Waals surface area contributed by atoms with Crippen molar-refractivity contribution in [2.45, 2.75) is 25.7 Å². The Morgan fingerprint density at radius 1 is 1.33 bits per heavy atom. The van der Waals surface area contributed by atoms with Crippen molar-refractivity contribution in [2.24, 2.45) is 7.05 Å². The summed E-state index contributed by atoms with van der Waals surface area (Å²) in [7, 11) is 1.77. The predicted octanol–water partition coefficient (Wildman–Crippen LogP) is 2.25. The highest BCUT2D eigenvalue weighted by molar-refractivity contribution is 6.02. The van der Waals surface area contributed by atoms with Crippen LogP contribution in [-0.4, -0.2) is 44.0 Å². The Kier molecular flexibility index (Phi) is 5.62. The number of carbonyl (C=O) groups is 1. The molecule has 144 valence electrons. The third-order valence-corrected chi connectivity index (χ3v) is 4.53. The van der Waals surface area contributed by atoms with E-state index in [9.17, 15) is 4.79 Å². The van der Waals surface area contributed by atoms with Crippen LogP contribution in [0.15, 0.2) is 22.6 Å². The number of anilines is 1. The van der Waals surface area contributed by atoms with Gasteiger partial charge in [-0.15, -0.1) is 12.4 Å². The van der Waals surface area contributed by atoms with E-state index in [1.165, 1.54) is 0 Å². The van der Waals surface area contributed by atoms with Crippen LogP contribution in [-0.2, 0) is 7.05 Å². The normalized spacial score (nSPS) is 14.7. The van der Waals surface area contributed by atoms with Gasteiger partial charge < -0.3 is 9.73 Å². The first-order valence-electron chi connectivity index (χ1n) is 8.65. The molecular weight excluding hydrogens is 370 g/mol. The summed E-state index contributed by atoms with van der Waals surface area (Å²) in [5.74, 6) is 2.61. The number of aryl methyl sites for hydroxylation is 2. The quantitative estimate of drug-likeness (QED) is 0.628. The zero-order valence-electron chi connectivity index (χ0n) is 15.2. The monoisotopic (exact) mass is 391 g/mol. The Balaban J connectivity index is 0.00000210. The van der Waals surface area contributed by atoms with E-state index in [0.717, 1.165) is 37.5 Å². The molecule has 9 nitrogen and oxygen atoms in total. The number of halogens is 1. The van der Waals surface area contributed by atoms with Crippen LogP contribution in [0.25, 0.3) is 11.5 Å². The fraction of sp³-hybridized carbons (Fsp3) is 0.412. The van der Waals surface area contributed by atoms with Gasteiger partial charge in [0, 0.05) is 19.0 Å². The Hall–Kier alpha value is -2.65. The minimum Gasteiger partial charge on any atom is -0.460 e. The largest absolute Gasteiger partial charge is 0.460 e. The summed E-state index contributed by atoms with van der Waals surface area (Å²) in [5.41, 5.74) is 0.914. The average Bonchev–Trinajstić information content (AvgIpc) is 3.36.